The van der Waals surface area contributed by atoms with Gasteiger partial charge in [0, 0.05) is 9.99 Å². The number of carbonyl (C=O) groups is 1. The van der Waals surface area contributed by atoms with Gasteiger partial charge in [-0.15, -0.1) is 0 Å². The van der Waals surface area contributed by atoms with Crippen molar-refractivity contribution >= 4 is 86.3 Å². The Balaban J connectivity index is 2.54. The second-order valence-corrected chi connectivity index (χ2v) is 9.72. The van der Waals surface area contributed by atoms with Gasteiger partial charge < -0.3 is 16.0 Å². The van der Waals surface area contributed by atoms with Gasteiger partial charge in [0.15, 0.2) is 5.11 Å². The van der Waals surface area contributed by atoms with Gasteiger partial charge in [-0.1, -0.05) is 79.5 Å². The van der Waals surface area contributed by atoms with Gasteiger partial charge in [-0.3, -0.25) is 4.79 Å². The van der Waals surface area contributed by atoms with Gasteiger partial charge in [-0.05, 0) is 53.4 Å². The van der Waals surface area contributed by atoms with Crippen molar-refractivity contribution in [3.05, 3.63) is 27.8 Å². The van der Waals surface area contributed by atoms with E-state index >= 15 is 0 Å². The van der Waals surface area contributed by atoms with Crippen LogP contribution in [0.25, 0.3) is 0 Å². The number of thiocarbonyl (C=S) groups is 1. The lowest BCUT2D eigenvalue weighted by molar-refractivity contribution is -0.122. The first-order valence-corrected chi connectivity index (χ1v) is 11.0. The molecular weight excluding hydrogens is 528 g/mol. The van der Waals surface area contributed by atoms with Gasteiger partial charge in [-0.25, -0.2) is 0 Å². The molecule has 0 aliphatic heterocycles. The summed E-state index contributed by atoms with van der Waals surface area (Å²) in [6.45, 7) is 2.15. The fraction of sp³-hybridized carbons (Fsp3) is 0.529. The maximum atomic E-state index is 12.1. The minimum atomic E-state index is -1.74. The Bertz CT molecular complexity index is 599. The number of halogens is 4. The molecule has 0 radical (unpaired) electrons. The summed E-state index contributed by atoms with van der Waals surface area (Å²) in [5, 5.41) is 8.86. The van der Waals surface area contributed by atoms with Crippen molar-refractivity contribution in [2.24, 2.45) is 0 Å². The molecule has 1 amide bonds. The maximum Gasteiger partial charge on any atom is 0.228 e. The lowest BCUT2D eigenvalue weighted by Gasteiger charge is -2.28. The lowest BCUT2D eigenvalue weighted by Crippen LogP contribution is -2.56. The average Bonchev–Trinajstić information content (AvgIpc) is 2.55. The summed E-state index contributed by atoms with van der Waals surface area (Å²) in [6.07, 6.45) is 4.74. The Morgan fingerprint density at radius 3 is 2.42 bits per heavy atom. The smallest absolute Gasteiger partial charge is 0.228 e. The monoisotopic (exact) mass is 549 g/mol. The topological polar surface area (TPSA) is 53.2 Å². The minimum Gasteiger partial charge on any atom is -0.339 e. The van der Waals surface area contributed by atoms with Gasteiger partial charge in [-0.2, -0.15) is 0 Å². The van der Waals surface area contributed by atoms with E-state index < -0.39 is 9.96 Å². The molecule has 0 fully saturated rings. The lowest BCUT2D eigenvalue weighted by atomic mass is 10.1. The summed E-state index contributed by atoms with van der Waals surface area (Å²) >= 11 is 25.4. The Kier molecular flexibility index (Phi) is 11.5. The molecule has 1 aromatic carbocycles. The number of anilines is 1. The molecule has 1 aromatic rings. The molecule has 0 aliphatic rings. The standard InChI is InChI=1S/C17H23Cl3IN3OS/c1-2-3-4-5-6-11-14(25)23-15(17(18,19)20)24-16(26)22-13-10-8-7-9-12(13)21/h7-10,15H,2-6,11H2,1H3,(H,23,25)(H2,22,24,26)/t15-/m1/s1. The van der Waals surface area contributed by atoms with Crippen molar-refractivity contribution in [3.63, 3.8) is 0 Å². The molecule has 9 heteroatoms. The zero-order chi connectivity index (χ0) is 19.6. The van der Waals surface area contributed by atoms with E-state index in [9.17, 15) is 4.79 Å². The largest absolute Gasteiger partial charge is 0.339 e. The highest BCUT2D eigenvalue weighted by molar-refractivity contribution is 14.1. The fourth-order valence-electron chi connectivity index (χ4n) is 2.17. The number of amides is 1. The second kappa shape index (κ2) is 12.4. The molecule has 0 aliphatic carbocycles. The van der Waals surface area contributed by atoms with Crippen molar-refractivity contribution in [1.29, 1.82) is 0 Å². The van der Waals surface area contributed by atoms with E-state index in [0.29, 0.717) is 6.42 Å². The zero-order valence-corrected chi connectivity index (χ0v) is 19.7. The van der Waals surface area contributed by atoms with Crippen LogP contribution in [0.1, 0.15) is 45.4 Å². The zero-order valence-electron chi connectivity index (χ0n) is 14.5. The molecule has 0 saturated heterocycles. The van der Waals surface area contributed by atoms with Crippen molar-refractivity contribution in [3.8, 4) is 0 Å². The van der Waals surface area contributed by atoms with E-state index in [0.717, 1.165) is 34.9 Å². The van der Waals surface area contributed by atoms with Crippen LogP contribution in [0.4, 0.5) is 5.69 Å². The first-order valence-electron chi connectivity index (χ1n) is 8.42. The highest BCUT2D eigenvalue weighted by Gasteiger charge is 2.34. The molecular formula is C17H23Cl3IN3OS. The summed E-state index contributed by atoms with van der Waals surface area (Å²) < 4.78 is -0.746. The molecule has 0 aromatic heterocycles. The van der Waals surface area contributed by atoms with E-state index in [2.05, 4.69) is 45.5 Å². The van der Waals surface area contributed by atoms with Crippen LogP contribution in [0.2, 0.25) is 0 Å². The quantitative estimate of drug-likeness (QED) is 0.121. The van der Waals surface area contributed by atoms with Crippen LogP contribution in [0.3, 0.4) is 0 Å². The predicted molar refractivity (Wildman–Crippen MR) is 124 cm³/mol. The predicted octanol–water partition coefficient (Wildman–Crippen LogP) is 5.75. The van der Waals surface area contributed by atoms with Crippen LogP contribution in [-0.4, -0.2) is 21.0 Å². The van der Waals surface area contributed by atoms with Crippen LogP contribution in [-0.2, 0) is 4.79 Å². The number of nitrogens with one attached hydrogen (secondary N) is 3. The molecule has 0 saturated carbocycles. The van der Waals surface area contributed by atoms with E-state index in [1.807, 2.05) is 24.3 Å². The molecule has 0 bridgehead atoms. The van der Waals surface area contributed by atoms with E-state index in [1.54, 1.807) is 0 Å². The van der Waals surface area contributed by atoms with Crippen molar-refractivity contribution in [2.45, 2.75) is 55.4 Å². The van der Waals surface area contributed by atoms with Crippen molar-refractivity contribution in [1.82, 2.24) is 10.6 Å². The Hall–Kier alpha value is -0.0200. The maximum absolute atomic E-state index is 12.1. The Morgan fingerprint density at radius 2 is 1.81 bits per heavy atom. The van der Waals surface area contributed by atoms with Gasteiger partial charge in [0.1, 0.15) is 6.17 Å². The molecule has 26 heavy (non-hydrogen) atoms. The second-order valence-electron chi connectivity index (χ2n) is 5.78. The van der Waals surface area contributed by atoms with Crippen molar-refractivity contribution in [2.75, 3.05) is 5.32 Å². The molecule has 4 nitrogen and oxygen atoms in total. The molecule has 1 rings (SSSR count). The third-order valence-corrected chi connectivity index (χ3v) is 5.35. The highest BCUT2D eigenvalue weighted by Crippen LogP contribution is 2.29. The highest BCUT2D eigenvalue weighted by atomic mass is 127. The van der Waals surface area contributed by atoms with Gasteiger partial charge in [0.2, 0.25) is 9.70 Å². The fourth-order valence-corrected chi connectivity index (χ4v) is 3.25. The summed E-state index contributed by atoms with van der Waals surface area (Å²) in [5.41, 5.74) is 0.830. The van der Waals surface area contributed by atoms with E-state index in [4.69, 9.17) is 47.0 Å². The number of rotatable bonds is 9. The number of hydrogen-bond donors (Lipinski definition) is 3. The van der Waals surface area contributed by atoms with Crippen LogP contribution in [0.15, 0.2) is 24.3 Å². The number of unbranched alkanes of at least 4 members (excludes halogenated alkanes) is 4. The normalized spacial score (nSPS) is 12.3. The Morgan fingerprint density at radius 1 is 1.15 bits per heavy atom. The minimum absolute atomic E-state index is 0.178. The summed E-state index contributed by atoms with van der Waals surface area (Å²) in [6, 6.07) is 7.64. The first kappa shape index (κ1) is 24.0. The molecule has 0 unspecified atom stereocenters. The summed E-state index contributed by atoms with van der Waals surface area (Å²) in [4.78, 5) is 12.1. The molecule has 146 valence electrons. The SMILES string of the molecule is CCCCCCCC(=O)N[C@H](NC(=S)Nc1ccccc1I)C(Cl)(Cl)Cl. The number of hydrogen-bond acceptors (Lipinski definition) is 2. The molecule has 1 atom stereocenters. The first-order chi connectivity index (χ1) is 12.2. The third kappa shape index (κ3) is 9.78. The number of alkyl halides is 3. The van der Waals surface area contributed by atoms with Crippen LogP contribution in [0.5, 0.6) is 0 Å². The summed E-state index contributed by atoms with van der Waals surface area (Å²) in [5.74, 6) is -0.178. The van der Waals surface area contributed by atoms with Crippen molar-refractivity contribution < 1.29 is 4.79 Å². The van der Waals surface area contributed by atoms with Gasteiger partial charge in [0.05, 0.1) is 5.69 Å². The van der Waals surface area contributed by atoms with E-state index in [-0.39, 0.29) is 11.0 Å². The van der Waals surface area contributed by atoms with Gasteiger partial charge in [0.25, 0.3) is 0 Å². The van der Waals surface area contributed by atoms with Crippen LogP contribution in [0, 0.1) is 3.57 Å². The summed E-state index contributed by atoms with van der Waals surface area (Å²) in [7, 11) is 0. The van der Waals surface area contributed by atoms with Crippen LogP contribution >= 0.6 is 69.6 Å². The Labute approximate surface area is 189 Å². The van der Waals surface area contributed by atoms with Gasteiger partial charge >= 0.3 is 0 Å². The molecule has 3 N–H and O–H groups in total. The molecule has 0 heterocycles. The third-order valence-electron chi connectivity index (χ3n) is 3.54. The number of carbonyl (C=O) groups excluding carboxylic acids is 1. The van der Waals surface area contributed by atoms with E-state index in [1.165, 1.54) is 6.42 Å². The average molecular weight is 551 g/mol. The van der Waals surface area contributed by atoms with Crippen LogP contribution < -0.4 is 16.0 Å². The number of para-hydroxylation sites is 1. The number of benzene rings is 1. The molecule has 0 spiro atoms.